The van der Waals surface area contributed by atoms with Crippen LogP contribution >= 0.6 is 11.6 Å². The van der Waals surface area contributed by atoms with Crippen LogP contribution in [0, 0.1) is 11.8 Å². The quantitative estimate of drug-likeness (QED) is 0.281. The van der Waals surface area contributed by atoms with Crippen molar-refractivity contribution < 1.29 is 27.5 Å². The highest BCUT2D eigenvalue weighted by Gasteiger charge is 2.35. The van der Waals surface area contributed by atoms with Crippen LogP contribution < -0.4 is 10.0 Å². The molecule has 9 nitrogen and oxygen atoms in total. The van der Waals surface area contributed by atoms with Crippen LogP contribution in [0.15, 0.2) is 71.8 Å². The van der Waals surface area contributed by atoms with Crippen molar-refractivity contribution in [3.05, 3.63) is 94.3 Å². The van der Waals surface area contributed by atoms with Crippen LogP contribution in [-0.4, -0.2) is 43.3 Å². The fourth-order valence-electron chi connectivity index (χ4n) is 5.08. The Kier molecular flexibility index (Phi) is 10.2. The Morgan fingerprint density at radius 1 is 1.00 bits per heavy atom. The van der Waals surface area contributed by atoms with Gasteiger partial charge in [-0.1, -0.05) is 37.6 Å². The maximum absolute atomic E-state index is 13.0. The van der Waals surface area contributed by atoms with Crippen molar-refractivity contribution in [2.45, 2.75) is 63.4 Å². The lowest BCUT2D eigenvalue weighted by Gasteiger charge is -2.38. The molecule has 3 aromatic rings. The van der Waals surface area contributed by atoms with E-state index in [0.717, 1.165) is 31.9 Å². The van der Waals surface area contributed by atoms with E-state index in [1.807, 2.05) is 11.6 Å². The molecule has 0 spiro atoms. The third-order valence-corrected chi connectivity index (χ3v) is 9.43. The first-order chi connectivity index (χ1) is 20.3. The van der Waals surface area contributed by atoms with Gasteiger partial charge in [-0.05, 0) is 105 Å². The lowest BCUT2D eigenvalue weighted by atomic mass is 9.75. The molecule has 1 aliphatic rings. The molecule has 1 aromatic heterocycles. The van der Waals surface area contributed by atoms with Crippen molar-refractivity contribution >= 4 is 39.4 Å². The minimum absolute atomic E-state index is 0.0233. The fourth-order valence-corrected chi connectivity index (χ4v) is 6.25. The number of ether oxygens (including phenoxy) is 1. The number of aromatic nitrogens is 1. The Balaban J connectivity index is 1.31. The number of pyridine rings is 1. The summed E-state index contributed by atoms with van der Waals surface area (Å²) in [7, 11) is -4.20. The predicted molar refractivity (Wildman–Crippen MR) is 163 cm³/mol. The number of amides is 2. The summed E-state index contributed by atoms with van der Waals surface area (Å²) in [6.45, 7) is 6.62. The van der Waals surface area contributed by atoms with Gasteiger partial charge in [0.05, 0.1) is 10.5 Å². The topological polar surface area (TPSA) is 132 Å². The Morgan fingerprint density at radius 3 is 2.30 bits per heavy atom. The van der Waals surface area contributed by atoms with Crippen molar-refractivity contribution in [1.82, 2.24) is 15.0 Å². The van der Waals surface area contributed by atoms with Gasteiger partial charge < -0.3 is 10.1 Å². The van der Waals surface area contributed by atoms with Crippen LogP contribution in [0.25, 0.3) is 0 Å². The van der Waals surface area contributed by atoms with Crippen molar-refractivity contribution in [1.29, 1.82) is 0 Å². The Labute approximate surface area is 257 Å². The monoisotopic (exact) mass is 625 g/mol. The number of esters is 1. The van der Waals surface area contributed by atoms with Gasteiger partial charge in [0.2, 0.25) is 0 Å². The average Bonchev–Trinajstić information content (AvgIpc) is 2.97. The number of nitrogens with one attached hydrogen (secondary N) is 2. The zero-order valence-corrected chi connectivity index (χ0v) is 26.0. The van der Waals surface area contributed by atoms with Crippen molar-refractivity contribution in [3.63, 3.8) is 0 Å². The Hall–Kier alpha value is -3.76. The van der Waals surface area contributed by atoms with Gasteiger partial charge in [-0.3, -0.25) is 9.59 Å². The highest BCUT2D eigenvalue weighted by molar-refractivity contribution is 7.90. The Bertz CT molecular complexity index is 1570. The number of carbonyl (C=O) groups excluding carboxylic acids is 3. The first-order valence-electron chi connectivity index (χ1n) is 14.2. The third-order valence-electron chi connectivity index (χ3n) is 7.85. The first-order valence-corrected chi connectivity index (χ1v) is 16.1. The molecule has 2 N–H and O–H groups in total. The molecule has 11 heteroatoms. The van der Waals surface area contributed by atoms with E-state index in [2.05, 4.69) is 24.1 Å². The van der Waals surface area contributed by atoms with Gasteiger partial charge in [-0.25, -0.2) is 22.9 Å². The van der Waals surface area contributed by atoms with Gasteiger partial charge in [0.25, 0.3) is 21.8 Å². The number of nitrogens with zero attached hydrogens (tertiary/aromatic N) is 1. The molecular formula is C32H36ClN3O6S. The second-order valence-electron chi connectivity index (χ2n) is 11.4. The largest absolute Gasteiger partial charge is 0.455 e. The van der Waals surface area contributed by atoms with Gasteiger partial charge in [0, 0.05) is 23.3 Å². The lowest BCUT2D eigenvalue weighted by Crippen LogP contribution is -2.37. The molecule has 1 saturated carbocycles. The highest BCUT2D eigenvalue weighted by atomic mass is 35.5. The van der Waals surface area contributed by atoms with E-state index in [-0.39, 0.29) is 28.6 Å². The molecule has 0 atom stereocenters. The molecule has 0 aliphatic heterocycles. The molecule has 43 heavy (non-hydrogen) atoms. The summed E-state index contributed by atoms with van der Waals surface area (Å²) in [5.41, 5.74) is 0.571. The summed E-state index contributed by atoms with van der Waals surface area (Å²) in [6.07, 6.45) is 5.06. The second-order valence-corrected chi connectivity index (χ2v) is 13.6. The molecule has 228 valence electrons. The van der Waals surface area contributed by atoms with E-state index in [0.29, 0.717) is 34.4 Å². The Morgan fingerprint density at radius 2 is 1.67 bits per heavy atom. The summed E-state index contributed by atoms with van der Waals surface area (Å²) >= 11 is 5.85. The SMILES string of the molecule is CC(C)C1CCC(C)(OC(=O)c2ccc(C(=O)NS(=O)(=O)c3cccc(CCNC(=O)c4ccc(Cl)cc4)c3)cn2)CC1. The van der Waals surface area contributed by atoms with Crippen LogP contribution in [0.4, 0.5) is 0 Å². The molecule has 1 heterocycles. The molecule has 1 fully saturated rings. The minimum Gasteiger partial charge on any atom is -0.455 e. The molecule has 4 rings (SSSR count). The maximum atomic E-state index is 13.0. The van der Waals surface area contributed by atoms with Gasteiger partial charge in [-0.2, -0.15) is 0 Å². The van der Waals surface area contributed by atoms with E-state index in [1.165, 1.54) is 24.3 Å². The lowest BCUT2D eigenvalue weighted by molar-refractivity contribution is -0.0376. The zero-order valence-electron chi connectivity index (χ0n) is 24.4. The number of halogens is 1. The van der Waals surface area contributed by atoms with E-state index >= 15 is 0 Å². The second kappa shape index (κ2) is 13.7. The number of hydrogen-bond donors (Lipinski definition) is 2. The molecule has 2 amide bonds. The average molecular weight is 626 g/mol. The summed E-state index contributed by atoms with van der Waals surface area (Å²) in [5.74, 6) is -0.523. The van der Waals surface area contributed by atoms with Gasteiger partial charge in [-0.15, -0.1) is 0 Å². The maximum Gasteiger partial charge on any atom is 0.357 e. The van der Waals surface area contributed by atoms with Crippen LogP contribution in [0.5, 0.6) is 0 Å². The van der Waals surface area contributed by atoms with Crippen LogP contribution in [0.1, 0.15) is 83.2 Å². The molecule has 0 radical (unpaired) electrons. The third kappa shape index (κ3) is 8.64. The van der Waals surface area contributed by atoms with Crippen molar-refractivity contribution in [2.75, 3.05) is 6.54 Å². The standard InChI is InChI=1S/C32H36ClN3O6S/c1-21(2)23-13-16-32(3,17-14-23)42-31(39)28-12-9-25(20-35-28)30(38)36-43(40,41)27-6-4-5-22(19-27)15-18-34-29(37)24-7-10-26(33)11-8-24/h4-12,19-21,23H,13-18H2,1-3H3,(H,34,37)(H,36,38). The summed E-state index contributed by atoms with van der Waals surface area (Å²) in [5, 5.41) is 3.31. The number of benzene rings is 2. The summed E-state index contributed by atoms with van der Waals surface area (Å²) < 4.78 is 33.7. The summed E-state index contributed by atoms with van der Waals surface area (Å²) in [4.78, 5) is 41.8. The smallest absolute Gasteiger partial charge is 0.357 e. The molecule has 0 unspecified atom stereocenters. The van der Waals surface area contributed by atoms with E-state index in [4.69, 9.17) is 16.3 Å². The van der Waals surface area contributed by atoms with Crippen LogP contribution in [-0.2, 0) is 21.2 Å². The van der Waals surface area contributed by atoms with Gasteiger partial charge in [0.15, 0.2) is 0 Å². The van der Waals surface area contributed by atoms with E-state index in [1.54, 1.807) is 36.4 Å². The first kappa shape index (κ1) is 32.2. The van der Waals surface area contributed by atoms with E-state index in [9.17, 15) is 22.8 Å². The van der Waals surface area contributed by atoms with Crippen molar-refractivity contribution in [3.8, 4) is 0 Å². The molecule has 2 aromatic carbocycles. The zero-order chi connectivity index (χ0) is 31.2. The van der Waals surface area contributed by atoms with Gasteiger partial charge in [0.1, 0.15) is 11.3 Å². The van der Waals surface area contributed by atoms with E-state index < -0.39 is 27.5 Å². The normalized spacial score (nSPS) is 18.6. The highest BCUT2D eigenvalue weighted by Crippen LogP contribution is 2.38. The van der Waals surface area contributed by atoms with Crippen LogP contribution in [0.3, 0.4) is 0 Å². The number of hydrogen-bond acceptors (Lipinski definition) is 7. The molecular weight excluding hydrogens is 590 g/mol. The molecule has 0 bridgehead atoms. The van der Waals surface area contributed by atoms with Crippen molar-refractivity contribution in [2.24, 2.45) is 11.8 Å². The number of sulfonamides is 1. The van der Waals surface area contributed by atoms with Crippen LogP contribution in [0.2, 0.25) is 5.02 Å². The summed E-state index contributed by atoms with van der Waals surface area (Å²) in [6, 6.07) is 15.3. The predicted octanol–water partition coefficient (Wildman–Crippen LogP) is 5.59. The number of carbonyl (C=O) groups is 3. The number of rotatable bonds is 10. The molecule has 1 aliphatic carbocycles. The minimum atomic E-state index is -4.20. The fraction of sp³-hybridized carbons (Fsp3) is 0.375. The van der Waals surface area contributed by atoms with Gasteiger partial charge >= 0.3 is 5.97 Å². The molecule has 0 saturated heterocycles.